The van der Waals surface area contributed by atoms with Crippen LogP contribution in [0.15, 0.2) is 30.3 Å². The summed E-state index contributed by atoms with van der Waals surface area (Å²) in [5.41, 5.74) is 1.08. The van der Waals surface area contributed by atoms with Gasteiger partial charge in [-0.25, -0.2) is 0 Å². The summed E-state index contributed by atoms with van der Waals surface area (Å²) >= 11 is 11.2. The lowest BCUT2D eigenvalue weighted by molar-refractivity contribution is 0.307. The number of aryl methyl sites for hydroxylation is 1. The van der Waals surface area contributed by atoms with Crippen molar-refractivity contribution in [3.8, 4) is 5.75 Å². The second-order valence-corrected chi connectivity index (χ2v) is 6.15. The molecule has 1 nitrogen and oxygen atoms in total. The Morgan fingerprint density at radius 2 is 2.00 bits per heavy atom. The lowest BCUT2D eigenvalue weighted by Crippen LogP contribution is -1.95. The molecule has 0 saturated heterocycles. The highest BCUT2D eigenvalue weighted by molar-refractivity contribution is 9.08. The smallest absolute Gasteiger partial charge is 0.123 e. The van der Waals surface area contributed by atoms with Crippen molar-refractivity contribution >= 4 is 38.9 Å². The molecule has 0 aliphatic carbocycles. The van der Waals surface area contributed by atoms with Crippen LogP contribution in [-0.4, -0.2) is 0 Å². The van der Waals surface area contributed by atoms with E-state index in [1.54, 1.807) is 11.3 Å². The maximum atomic E-state index is 5.96. The van der Waals surface area contributed by atoms with E-state index in [-0.39, 0.29) is 0 Å². The Bertz CT molecular complexity index is 524. The standard InChI is InChI=1S/C14H14BrClOS/c1-2-12-4-5-13(18-12)9-17-14-6-3-11(16)7-10(14)8-15/h3-7H,2,8-9H2,1H3. The number of hydrogen-bond acceptors (Lipinski definition) is 2. The van der Waals surface area contributed by atoms with Crippen LogP contribution in [0.1, 0.15) is 22.2 Å². The van der Waals surface area contributed by atoms with Gasteiger partial charge in [0.05, 0.1) is 0 Å². The minimum Gasteiger partial charge on any atom is -0.488 e. The Kier molecular flexibility index (Phi) is 5.10. The van der Waals surface area contributed by atoms with Crippen molar-refractivity contribution in [3.05, 3.63) is 50.7 Å². The highest BCUT2D eigenvalue weighted by Crippen LogP contribution is 2.26. The van der Waals surface area contributed by atoms with Gasteiger partial charge in [0.25, 0.3) is 0 Å². The Morgan fingerprint density at radius 1 is 1.22 bits per heavy atom. The molecule has 0 radical (unpaired) electrons. The average Bonchev–Trinajstić information content (AvgIpc) is 2.85. The highest BCUT2D eigenvalue weighted by atomic mass is 79.9. The number of halogens is 2. The first-order chi connectivity index (χ1) is 8.72. The van der Waals surface area contributed by atoms with Crippen molar-refractivity contribution in [1.82, 2.24) is 0 Å². The summed E-state index contributed by atoms with van der Waals surface area (Å²) in [5.74, 6) is 0.891. The fourth-order valence-electron chi connectivity index (χ4n) is 1.63. The molecule has 0 amide bonds. The lowest BCUT2D eigenvalue weighted by atomic mass is 10.2. The molecular weight excluding hydrogens is 332 g/mol. The van der Waals surface area contributed by atoms with Crippen molar-refractivity contribution < 1.29 is 4.74 Å². The zero-order valence-corrected chi connectivity index (χ0v) is 13.2. The molecule has 0 aliphatic rings. The number of hydrogen-bond donors (Lipinski definition) is 0. The lowest BCUT2D eigenvalue weighted by Gasteiger charge is -2.09. The van der Waals surface area contributed by atoms with Crippen LogP contribution in [0.25, 0.3) is 0 Å². The molecule has 1 aromatic heterocycles. The zero-order chi connectivity index (χ0) is 13.0. The second-order valence-electron chi connectivity index (χ2n) is 3.90. The van der Waals surface area contributed by atoms with Crippen molar-refractivity contribution in [3.63, 3.8) is 0 Å². The molecule has 1 heterocycles. The normalized spacial score (nSPS) is 10.6. The van der Waals surface area contributed by atoms with Crippen LogP contribution < -0.4 is 4.74 Å². The van der Waals surface area contributed by atoms with Gasteiger partial charge in [0.2, 0.25) is 0 Å². The number of benzene rings is 1. The first kappa shape index (κ1) is 13.9. The molecule has 0 bridgehead atoms. The van der Waals surface area contributed by atoms with E-state index in [0.717, 1.165) is 28.1 Å². The van der Waals surface area contributed by atoms with E-state index in [1.165, 1.54) is 9.75 Å². The summed E-state index contributed by atoms with van der Waals surface area (Å²) in [5, 5.41) is 1.48. The number of thiophene rings is 1. The number of rotatable bonds is 5. The molecule has 2 aromatic rings. The fraction of sp³-hybridized carbons (Fsp3) is 0.286. The van der Waals surface area contributed by atoms with Crippen molar-refractivity contribution in [2.75, 3.05) is 0 Å². The molecule has 0 saturated carbocycles. The first-order valence-electron chi connectivity index (χ1n) is 5.77. The van der Waals surface area contributed by atoms with E-state index < -0.39 is 0 Å². The maximum absolute atomic E-state index is 5.96. The monoisotopic (exact) mass is 344 g/mol. The summed E-state index contributed by atoms with van der Waals surface area (Å²) in [4.78, 5) is 2.65. The predicted molar refractivity (Wildman–Crippen MR) is 82.1 cm³/mol. The average molecular weight is 346 g/mol. The predicted octanol–water partition coefficient (Wildman–Crippen LogP) is 5.44. The Morgan fingerprint density at radius 3 is 2.67 bits per heavy atom. The van der Waals surface area contributed by atoms with E-state index in [1.807, 2.05) is 18.2 Å². The van der Waals surface area contributed by atoms with Crippen molar-refractivity contribution in [1.29, 1.82) is 0 Å². The molecule has 18 heavy (non-hydrogen) atoms. The SMILES string of the molecule is CCc1ccc(COc2ccc(Cl)cc2CBr)s1. The van der Waals surface area contributed by atoms with Crippen LogP contribution in [0.4, 0.5) is 0 Å². The van der Waals surface area contributed by atoms with Gasteiger partial charge in [-0.05, 0) is 36.8 Å². The first-order valence-corrected chi connectivity index (χ1v) is 8.09. The molecule has 4 heteroatoms. The van der Waals surface area contributed by atoms with Crippen LogP contribution in [0.5, 0.6) is 5.75 Å². The third-order valence-corrected chi connectivity index (χ3v) is 4.64. The van der Waals surface area contributed by atoms with Crippen molar-refractivity contribution in [2.24, 2.45) is 0 Å². The largest absolute Gasteiger partial charge is 0.488 e. The molecule has 0 spiro atoms. The molecule has 1 aromatic carbocycles. The van der Waals surface area contributed by atoms with Gasteiger partial charge in [0.1, 0.15) is 12.4 Å². The maximum Gasteiger partial charge on any atom is 0.123 e. The molecule has 0 atom stereocenters. The third-order valence-electron chi connectivity index (χ3n) is 2.60. The molecular formula is C14H14BrClOS. The molecule has 0 aliphatic heterocycles. The van der Waals surface area contributed by atoms with Crippen LogP contribution in [-0.2, 0) is 18.4 Å². The Balaban J connectivity index is 2.05. The van der Waals surface area contributed by atoms with Crippen LogP contribution in [0, 0.1) is 0 Å². The minimum absolute atomic E-state index is 0.617. The van der Waals surface area contributed by atoms with E-state index in [0.29, 0.717) is 6.61 Å². The van der Waals surface area contributed by atoms with Crippen LogP contribution >= 0.6 is 38.9 Å². The molecule has 0 fully saturated rings. The van der Waals surface area contributed by atoms with E-state index in [4.69, 9.17) is 16.3 Å². The van der Waals surface area contributed by atoms with Gasteiger partial charge >= 0.3 is 0 Å². The molecule has 96 valence electrons. The quantitative estimate of drug-likeness (QED) is 0.656. The van der Waals surface area contributed by atoms with E-state index in [2.05, 4.69) is 35.0 Å². The van der Waals surface area contributed by atoms with Gasteiger partial charge in [0, 0.05) is 25.7 Å². The van der Waals surface area contributed by atoms with Crippen LogP contribution in [0.3, 0.4) is 0 Å². The molecule has 0 unspecified atom stereocenters. The summed E-state index contributed by atoms with van der Waals surface area (Å²) < 4.78 is 5.85. The number of ether oxygens (including phenoxy) is 1. The Labute approximate surface area is 125 Å². The number of alkyl halides is 1. The summed E-state index contributed by atoms with van der Waals surface area (Å²) in [7, 11) is 0. The van der Waals surface area contributed by atoms with E-state index >= 15 is 0 Å². The minimum atomic E-state index is 0.617. The van der Waals surface area contributed by atoms with Gasteiger partial charge in [-0.2, -0.15) is 0 Å². The zero-order valence-electron chi connectivity index (χ0n) is 10.1. The summed E-state index contributed by atoms with van der Waals surface area (Å²) in [6.45, 7) is 2.78. The van der Waals surface area contributed by atoms with E-state index in [9.17, 15) is 0 Å². The summed E-state index contributed by atoms with van der Waals surface area (Å²) in [6.07, 6.45) is 1.08. The molecule has 0 N–H and O–H groups in total. The molecule has 2 rings (SSSR count). The van der Waals surface area contributed by atoms with Gasteiger partial charge < -0.3 is 4.74 Å². The topological polar surface area (TPSA) is 9.23 Å². The van der Waals surface area contributed by atoms with Crippen LogP contribution in [0.2, 0.25) is 5.02 Å². The van der Waals surface area contributed by atoms with Gasteiger partial charge in [-0.15, -0.1) is 11.3 Å². The van der Waals surface area contributed by atoms with Gasteiger partial charge in [-0.1, -0.05) is 34.5 Å². The van der Waals surface area contributed by atoms with Gasteiger partial charge in [0.15, 0.2) is 0 Å². The van der Waals surface area contributed by atoms with Gasteiger partial charge in [-0.3, -0.25) is 0 Å². The highest BCUT2D eigenvalue weighted by Gasteiger charge is 2.05. The third kappa shape index (κ3) is 3.50. The second kappa shape index (κ2) is 6.60. The Hall–Kier alpha value is -0.510. The van der Waals surface area contributed by atoms with Crippen molar-refractivity contribution in [2.45, 2.75) is 25.3 Å². The summed E-state index contributed by atoms with van der Waals surface area (Å²) in [6, 6.07) is 10.0. The fourth-order valence-corrected chi connectivity index (χ4v) is 3.14.